The number of amides is 1. The van der Waals surface area contributed by atoms with Crippen LogP contribution in [-0.2, 0) is 36.1 Å². The molecule has 0 aliphatic heterocycles. The van der Waals surface area contributed by atoms with Gasteiger partial charge in [0.2, 0.25) is 10.0 Å². The lowest BCUT2D eigenvalue weighted by Crippen LogP contribution is -2.18. The number of nitriles is 1. The van der Waals surface area contributed by atoms with Crippen molar-refractivity contribution in [2.75, 3.05) is 70.2 Å². The number of aromatic nitrogens is 2. The number of carbonyl (C=O) groups is 1. The van der Waals surface area contributed by atoms with Gasteiger partial charge >= 0.3 is 0 Å². The Morgan fingerprint density at radius 3 is 2.28 bits per heavy atom. The van der Waals surface area contributed by atoms with Crippen molar-refractivity contribution >= 4 is 38.2 Å². The maximum Gasteiger partial charge on any atom is 0.255 e. The van der Waals surface area contributed by atoms with E-state index in [2.05, 4.69) is 21.1 Å². The second-order valence-corrected chi connectivity index (χ2v) is 16.2. The van der Waals surface area contributed by atoms with Crippen LogP contribution >= 0.6 is 0 Å². The number of hydrogen-bond donors (Lipinski definition) is 2. The van der Waals surface area contributed by atoms with Crippen LogP contribution in [0.2, 0.25) is 0 Å². The lowest BCUT2D eigenvalue weighted by Gasteiger charge is -2.24. The van der Waals surface area contributed by atoms with Crippen molar-refractivity contribution in [1.82, 2.24) is 9.97 Å². The van der Waals surface area contributed by atoms with Crippen LogP contribution in [0.5, 0.6) is 11.5 Å². The summed E-state index contributed by atoms with van der Waals surface area (Å²) in [5.41, 5.74) is 6.18. The van der Waals surface area contributed by atoms with E-state index in [9.17, 15) is 18.5 Å². The fraction of sp³-hybridized carbons (Fsp3) is 0.349. The van der Waals surface area contributed by atoms with Crippen molar-refractivity contribution in [2.24, 2.45) is 0 Å². The number of aryl methyl sites for hydroxylation is 1. The number of methoxy groups -OCH3 is 2. The number of fused-ring (bicyclic) bond motifs is 1. The van der Waals surface area contributed by atoms with E-state index >= 15 is 0 Å². The van der Waals surface area contributed by atoms with Crippen LogP contribution in [0, 0.1) is 18.3 Å². The fourth-order valence-electron chi connectivity index (χ4n) is 6.02. The molecule has 2 N–H and O–H groups in total. The number of hydrogen-bond acceptors (Lipinski definition) is 11. The van der Waals surface area contributed by atoms with Gasteiger partial charge in [0.05, 0.1) is 74.9 Å². The quantitative estimate of drug-likeness (QED) is 0.0871. The van der Waals surface area contributed by atoms with Gasteiger partial charge in [0.1, 0.15) is 18.2 Å². The third-order valence-corrected chi connectivity index (χ3v) is 9.49. The second kappa shape index (κ2) is 19.0. The van der Waals surface area contributed by atoms with Gasteiger partial charge < -0.3 is 29.0 Å². The molecule has 1 heterocycles. The van der Waals surface area contributed by atoms with Crippen LogP contribution in [0.15, 0.2) is 72.9 Å². The van der Waals surface area contributed by atoms with Gasteiger partial charge in [0.15, 0.2) is 5.75 Å². The van der Waals surface area contributed by atoms with Crippen molar-refractivity contribution < 1.29 is 36.9 Å². The first kappa shape index (κ1) is 42.6. The third-order valence-electron chi connectivity index (χ3n) is 8.90. The minimum atomic E-state index is -3.63. The zero-order valence-corrected chi connectivity index (χ0v) is 34.2. The lowest BCUT2D eigenvalue weighted by molar-refractivity contribution is 0.0179. The Balaban J connectivity index is 1.31. The summed E-state index contributed by atoms with van der Waals surface area (Å²) >= 11 is 0. The number of benzene rings is 4. The average molecular weight is 796 g/mol. The van der Waals surface area contributed by atoms with E-state index in [4.69, 9.17) is 28.7 Å². The molecule has 0 atom stereocenters. The minimum Gasteiger partial charge on any atom is -0.492 e. The van der Waals surface area contributed by atoms with Crippen LogP contribution in [0.1, 0.15) is 59.2 Å². The average Bonchev–Trinajstić information content (AvgIpc) is 3.16. The molecule has 0 radical (unpaired) electrons. The summed E-state index contributed by atoms with van der Waals surface area (Å²) in [6, 6.07) is 22.4. The zero-order valence-electron chi connectivity index (χ0n) is 33.4. The van der Waals surface area contributed by atoms with Crippen LogP contribution in [-0.4, -0.2) is 84.4 Å². The standard InChI is InChI=1S/C43H49N5O8S/c1-28-8-9-32(42(49)47-38-24-34(43(2,3)4)25-39(41(38)53-6)48-57(7,50)51)23-36(28)31-10-11-37-33(22-31)27-45-40(46-37)21-29-18-30(26-44)20-35(19-29)56-17-16-55-15-14-54-13-12-52-5/h8-11,18-20,22-25,27,48H,12-17,21H2,1-7H3,(H,47,49). The predicted molar refractivity (Wildman–Crippen MR) is 221 cm³/mol. The molecule has 0 bridgehead atoms. The van der Waals surface area contributed by atoms with Gasteiger partial charge in [-0.15, -0.1) is 0 Å². The molecule has 0 unspecified atom stereocenters. The summed E-state index contributed by atoms with van der Waals surface area (Å²) in [6.07, 6.45) is 3.23. The largest absolute Gasteiger partial charge is 0.492 e. The Labute approximate surface area is 334 Å². The molecule has 5 rings (SSSR count). The molecule has 0 saturated carbocycles. The summed E-state index contributed by atoms with van der Waals surface area (Å²) in [5, 5.41) is 13.4. The molecule has 14 heteroatoms. The molecule has 4 aromatic carbocycles. The third kappa shape index (κ3) is 12.0. The first-order chi connectivity index (χ1) is 27.2. The molecule has 1 amide bonds. The molecule has 57 heavy (non-hydrogen) atoms. The van der Waals surface area contributed by atoms with E-state index in [0.29, 0.717) is 74.5 Å². The van der Waals surface area contributed by atoms with Crippen molar-refractivity contribution in [3.8, 4) is 28.7 Å². The van der Waals surface area contributed by atoms with Crippen molar-refractivity contribution in [1.29, 1.82) is 5.26 Å². The minimum absolute atomic E-state index is 0.201. The Kier molecular flexibility index (Phi) is 14.2. The first-order valence-corrected chi connectivity index (χ1v) is 20.3. The molecule has 1 aromatic heterocycles. The van der Waals surface area contributed by atoms with Crippen LogP contribution in [0.4, 0.5) is 11.4 Å². The van der Waals surface area contributed by atoms with Gasteiger partial charge in [-0.05, 0) is 94.8 Å². The SMILES string of the molecule is COCCOCCOCCOc1cc(C#N)cc(Cc2ncc3cc(-c4cc(C(=O)Nc5cc(C(C)(C)C)cc(NS(C)(=O)=O)c5OC)ccc4C)ccc3n2)c1. The Morgan fingerprint density at radius 1 is 0.877 bits per heavy atom. The number of rotatable bonds is 18. The summed E-state index contributed by atoms with van der Waals surface area (Å²) < 4.78 is 54.3. The highest BCUT2D eigenvalue weighted by atomic mass is 32.2. The molecule has 0 fully saturated rings. The molecular formula is C43H49N5O8S. The molecular weight excluding hydrogens is 747 g/mol. The summed E-state index contributed by atoms with van der Waals surface area (Å²) in [6.45, 7) is 10.6. The Morgan fingerprint density at radius 2 is 1.60 bits per heavy atom. The highest BCUT2D eigenvalue weighted by molar-refractivity contribution is 7.92. The molecule has 0 saturated heterocycles. The van der Waals surface area contributed by atoms with Gasteiger partial charge in [0.25, 0.3) is 5.91 Å². The smallest absolute Gasteiger partial charge is 0.255 e. The maximum absolute atomic E-state index is 13.8. The summed E-state index contributed by atoms with van der Waals surface area (Å²) in [4.78, 5) is 23.2. The second-order valence-electron chi connectivity index (χ2n) is 14.5. The number of carbonyl (C=O) groups excluding carboxylic acids is 1. The number of ether oxygens (including phenoxy) is 5. The normalized spacial score (nSPS) is 11.6. The highest BCUT2D eigenvalue weighted by Gasteiger charge is 2.23. The molecule has 0 aliphatic carbocycles. The predicted octanol–water partition coefficient (Wildman–Crippen LogP) is 7.06. The van der Waals surface area contributed by atoms with E-state index < -0.39 is 10.0 Å². The van der Waals surface area contributed by atoms with E-state index in [1.54, 1.807) is 43.6 Å². The molecule has 0 spiro atoms. The van der Waals surface area contributed by atoms with E-state index in [1.807, 2.05) is 64.1 Å². The van der Waals surface area contributed by atoms with Crippen LogP contribution in [0.25, 0.3) is 22.0 Å². The topological polar surface area (TPSA) is 171 Å². The maximum atomic E-state index is 13.8. The van der Waals surface area contributed by atoms with Gasteiger partial charge in [-0.25, -0.2) is 18.4 Å². The number of anilines is 2. The van der Waals surface area contributed by atoms with Crippen molar-refractivity contribution in [3.63, 3.8) is 0 Å². The van der Waals surface area contributed by atoms with E-state index in [1.165, 1.54) is 7.11 Å². The Hall–Kier alpha value is -5.59. The number of sulfonamides is 1. The molecule has 0 aliphatic rings. The lowest BCUT2D eigenvalue weighted by atomic mass is 9.86. The van der Waals surface area contributed by atoms with Gasteiger partial charge in [-0.1, -0.05) is 32.9 Å². The van der Waals surface area contributed by atoms with Gasteiger partial charge in [-0.2, -0.15) is 5.26 Å². The van der Waals surface area contributed by atoms with Crippen molar-refractivity contribution in [2.45, 2.75) is 39.5 Å². The zero-order chi connectivity index (χ0) is 41.2. The summed E-state index contributed by atoms with van der Waals surface area (Å²) in [7, 11) is -0.582. The molecule has 300 valence electrons. The number of nitrogens with one attached hydrogen (secondary N) is 2. The highest BCUT2D eigenvalue weighted by Crippen LogP contribution is 2.39. The molecule has 5 aromatic rings. The van der Waals surface area contributed by atoms with E-state index in [-0.39, 0.29) is 22.8 Å². The fourth-order valence-corrected chi connectivity index (χ4v) is 6.57. The number of nitrogens with zero attached hydrogens (tertiary/aromatic N) is 3. The van der Waals surface area contributed by atoms with Gasteiger partial charge in [-0.3, -0.25) is 9.52 Å². The van der Waals surface area contributed by atoms with Crippen molar-refractivity contribution in [3.05, 3.63) is 107 Å². The van der Waals surface area contributed by atoms with Crippen LogP contribution < -0.4 is 19.5 Å². The molecule has 13 nitrogen and oxygen atoms in total. The van der Waals surface area contributed by atoms with Crippen LogP contribution in [0.3, 0.4) is 0 Å². The summed E-state index contributed by atoms with van der Waals surface area (Å²) in [5.74, 6) is 0.962. The Bertz CT molecular complexity index is 2370. The van der Waals surface area contributed by atoms with E-state index in [0.717, 1.165) is 45.0 Å². The first-order valence-electron chi connectivity index (χ1n) is 18.4. The van der Waals surface area contributed by atoms with Gasteiger partial charge in [0, 0.05) is 30.7 Å². The monoisotopic (exact) mass is 795 g/mol.